The van der Waals surface area contributed by atoms with Gasteiger partial charge in [-0.15, -0.1) is 0 Å². The van der Waals surface area contributed by atoms with Gasteiger partial charge in [0.1, 0.15) is 12.6 Å². The minimum Gasteiger partial charge on any atom is -0.354 e. The number of sulfonamides is 1. The molecule has 3 aromatic carbocycles. The Kier molecular flexibility index (Phi) is 10.9. The summed E-state index contributed by atoms with van der Waals surface area (Å²) in [5.74, 6) is -1.14. The molecular weight excluding hydrogens is 550 g/mol. The maximum atomic E-state index is 14.0. The molecule has 0 aliphatic carbocycles. The van der Waals surface area contributed by atoms with Crippen LogP contribution in [0.25, 0.3) is 0 Å². The molecule has 10 heteroatoms. The number of hydrogen-bond donors (Lipinski definition) is 1. The average molecular weight is 584 g/mol. The van der Waals surface area contributed by atoms with Crippen LogP contribution in [-0.4, -0.2) is 56.3 Å². The molecule has 212 valence electrons. The number of ketones is 1. The number of halogens is 1. The van der Waals surface area contributed by atoms with E-state index >= 15 is 0 Å². The predicted molar refractivity (Wildman–Crippen MR) is 158 cm³/mol. The first kappa shape index (κ1) is 30.8. The van der Waals surface area contributed by atoms with Gasteiger partial charge in [0.15, 0.2) is 5.78 Å². The van der Waals surface area contributed by atoms with Crippen molar-refractivity contribution in [1.29, 1.82) is 0 Å². The van der Waals surface area contributed by atoms with Crippen molar-refractivity contribution >= 4 is 44.9 Å². The quantitative estimate of drug-likeness (QED) is 0.299. The van der Waals surface area contributed by atoms with Crippen LogP contribution in [0.3, 0.4) is 0 Å². The van der Waals surface area contributed by atoms with E-state index in [0.717, 1.165) is 21.7 Å². The first-order valence-electron chi connectivity index (χ1n) is 12.9. The number of rotatable bonds is 13. The fourth-order valence-corrected chi connectivity index (χ4v) is 5.17. The van der Waals surface area contributed by atoms with Gasteiger partial charge in [-0.25, -0.2) is 8.42 Å². The second kappa shape index (κ2) is 14.1. The molecule has 0 heterocycles. The lowest BCUT2D eigenvalue weighted by molar-refractivity contribution is -0.140. The second-order valence-corrected chi connectivity index (χ2v) is 11.9. The molecule has 0 aromatic heterocycles. The van der Waals surface area contributed by atoms with E-state index < -0.39 is 28.5 Å². The molecule has 0 bridgehead atoms. The lowest BCUT2D eigenvalue weighted by atomic mass is 10.0. The van der Waals surface area contributed by atoms with Gasteiger partial charge in [-0.2, -0.15) is 0 Å². The van der Waals surface area contributed by atoms with Crippen LogP contribution in [0.15, 0.2) is 78.9 Å². The van der Waals surface area contributed by atoms with Crippen LogP contribution in [0, 0.1) is 0 Å². The maximum absolute atomic E-state index is 14.0. The zero-order chi connectivity index (χ0) is 29.3. The molecule has 1 N–H and O–H groups in total. The third-order valence-electron chi connectivity index (χ3n) is 6.31. The van der Waals surface area contributed by atoms with Crippen molar-refractivity contribution in [3.05, 3.63) is 101 Å². The standard InChI is InChI=1S/C30H34ClN3O5S/c1-4-17-32-30(37)28(18-23-9-6-5-7-10-23)33(20-24-13-15-26(31)16-14-24)29(36)21-34(40(3,38)39)27-12-8-11-25(19-27)22(2)35/h5-16,19,28H,4,17-18,20-21H2,1-3H3,(H,32,37)/t28-/m1/s1. The van der Waals surface area contributed by atoms with Crippen LogP contribution in [-0.2, 0) is 32.6 Å². The molecule has 0 saturated heterocycles. The molecular formula is C30H34ClN3O5S. The van der Waals surface area contributed by atoms with Crippen LogP contribution in [0.1, 0.15) is 41.8 Å². The Balaban J connectivity index is 2.05. The molecule has 0 saturated carbocycles. The first-order chi connectivity index (χ1) is 19.0. The van der Waals surface area contributed by atoms with E-state index in [1.165, 1.54) is 24.0 Å². The summed E-state index contributed by atoms with van der Waals surface area (Å²) in [5, 5.41) is 3.42. The number of amides is 2. The van der Waals surface area contributed by atoms with Crippen molar-refractivity contribution < 1.29 is 22.8 Å². The summed E-state index contributed by atoms with van der Waals surface area (Å²) in [7, 11) is -3.93. The van der Waals surface area contributed by atoms with Crippen LogP contribution >= 0.6 is 11.6 Å². The Hall–Kier alpha value is -3.69. The van der Waals surface area contributed by atoms with Gasteiger partial charge >= 0.3 is 0 Å². The van der Waals surface area contributed by atoms with Gasteiger partial charge < -0.3 is 10.2 Å². The molecule has 0 radical (unpaired) electrons. The Morgan fingerprint density at radius 2 is 1.60 bits per heavy atom. The highest BCUT2D eigenvalue weighted by Gasteiger charge is 2.33. The van der Waals surface area contributed by atoms with Crippen LogP contribution in [0.4, 0.5) is 5.69 Å². The lowest BCUT2D eigenvalue weighted by Crippen LogP contribution is -2.53. The minimum absolute atomic E-state index is 0.0537. The molecule has 8 nitrogen and oxygen atoms in total. The van der Waals surface area contributed by atoms with E-state index in [9.17, 15) is 22.8 Å². The van der Waals surface area contributed by atoms with E-state index in [2.05, 4.69) is 5.32 Å². The molecule has 3 rings (SSSR count). The van der Waals surface area contributed by atoms with E-state index in [-0.39, 0.29) is 30.3 Å². The van der Waals surface area contributed by atoms with Crippen molar-refractivity contribution in [3.63, 3.8) is 0 Å². The van der Waals surface area contributed by atoms with Gasteiger partial charge in [0.25, 0.3) is 0 Å². The topological polar surface area (TPSA) is 104 Å². The van der Waals surface area contributed by atoms with Crippen LogP contribution < -0.4 is 9.62 Å². The number of carbonyl (C=O) groups is 3. The van der Waals surface area contributed by atoms with Gasteiger partial charge in [-0.1, -0.05) is 73.1 Å². The highest BCUT2D eigenvalue weighted by molar-refractivity contribution is 7.92. The fourth-order valence-electron chi connectivity index (χ4n) is 4.20. The number of nitrogens with zero attached hydrogens (tertiary/aromatic N) is 2. The SMILES string of the molecule is CCCNC(=O)[C@@H](Cc1ccccc1)N(Cc1ccc(Cl)cc1)C(=O)CN(c1cccc(C(C)=O)c1)S(C)(=O)=O. The summed E-state index contributed by atoms with van der Waals surface area (Å²) in [4.78, 5) is 40.9. The molecule has 0 aliphatic heterocycles. The van der Waals surface area contributed by atoms with Crippen molar-refractivity contribution in [1.82, 2.24) is 10.2 Å². The second-order valence-electron chi connectivity index (χ2n) is 9.52. The maximum Gasteiger partial charge on any atom is 0.244 e. The third kappa shape index (κ3) is 8.66. The Bertz CT molecular complexity index is 1430. The van der Waals surface area contributed by atoms with Gasteiger partial charge in [0.2, 0.25) is 21.8 Å². The molecule has 0 spiro atoms. The van der Waals surface area contributed by atoms with Gasteiger partial charge in [-0.05, 0) is 48.7 Å². The van der Waals surface area contributed by atoms with E-state index in [1.54, 1.807) is 36.4 Å². The first-order valence-corrected chi connectivity index (χ1v) is 15.2. The fraction of sp³-hybridized carbons (Fsp3) is 0.300. The smallest absolute Gasteiger partial charge is 0.244 e. The molecule has 2 amide bonds. The van der Waals surface area contributed by atoms with Crippen LogP contribution in [0.2, 0.25) is 5.02 Å². The van der Waals surface area contributed by atoms with E-state index in [4.69, 9.17) is 11.6 Å². The van der Waals surface area contributed by atoms with Crippen molar-refractivity contribution in [2.24, 2.45) is 0 Å². The average Bonchev–Trinajstić information content (AvgIpc) is 2.93. The van der Waals surface area contributed by atoms with Gasteiger partial charge in [-0.3, -0.25) is 18.7 Å². The Morgan fingerprint density at radius 1 is 0.925 bits per heavy atom. The number of nitrogens with one attached hydrogen (secondary N) is 1. The predicted octanol–water partition coefficient (Wildman–Crippen LogP) is 4.47. The van der Waals surface area contributed by atoms with Gasteiger partial charge in [0.05, 0.1) is 11.9 Å². The molecule has 0 unspecified atom stereocenters. The summed E-state index contributed by atoms with van der Waals surface area (Å²) < 4.78 is 26.7. The number of carbonyl (C=O) groups excluding carboxylic acids is 3. The van der Waals surface area contributed by atoms with Gasteiger partial charge in [0, 0.05) is 30.1 Å². The molecule has 3 aromatic rings. The van der Waals surface area contributed by atoms with E-state index in [1.807, 2.05) is 37.3 Å². The highest BCUT2D eigenvalue weighted by Crippen LogP contribution is 2.22. The summed E-state index contributed by atoms with van der Waals surface area (Å²) in [6.45, 7) is 3.24. The lowest BCUT2D eigenvalue weighted by Gasteiger charge is -2.33. The third-order valence-corrected chi connectivity index (χ3v) is 7.70. The molecule has 0 aliphatic rings. The summed E-state index contributed by atoms with van der Waals surface area (Å²) in [6.07, 6.45) is 1.94. The number of Topliss-reactive ketones (excluding diaryl/α,β-unsaturated/α-hetero) is 1. The van der Waals surface area contributed by atoms with Crippen molar-refractivity contribution in [3.8, 4) is 0 Å². The minimum atomic E-state index is -3.93. The normalized spacial score (nSPS) is 11.9. The van der Waals surface area contributed by atoms with Crippen LogP contribution in [0.5, 0.6) is 0 Å². The zero-order valence-corrected chi connectivity index (χ0v) is 24.4. The number of hydrogen-bond acceptors (Lipinski definition) is 5. The van der Waals surface area contributed by atoms with Crippen molar-refractivity contribution in [2.45, 2.75) is 39.3 Å². The summed E-state index contributed by atoms with van der Waals surface area (Å²) >= 11 is 6.07. The molecule has 0 fully saturated rings. The largest absolute Gasteiger partial charge is 0.354 e. The van der Waals surface area contributed by atoms with Crippen molar-refractivity contribution in [2.75, 3.05) is 23.7 Å². The molecule has 40 heavy (non-hydrogen) atoms. The number of benzene rings is 3. The van der Waals surface area contributed by atoms with E-state index in [0.29, 0.717) is 23.6 Å². The Morgan fingerprint density at radius 3 is 2.20 bits per heavy atom. The summed E-state index contributed by atoms with van der Waals surface area (Å²) in [5.41, 5.74) is 2.08. The monoisotopic (exact) mass is 583 g/mol. The molecule has 1 atom stereocenters. The number of anilines is 1. The summed E-state index contributed by atoms with van der Waals surface area (Å²) in [6, 6.07) is 21.4. The highest BCUT2D eigenvalue weighted by atomic mass is 35.5. The Labute approximate surface area is 241 Å². The zero-order valence-electron chi connectivity index (χ0n) is 22.8.